The lowest BCUT2D eigenvalue weighted by Crippen LogP contribution is -2.51. The van der Waals surface area contributed by atoms with Gasteiger partial charge in [0.15, 0.2) is 11.5 Å². The van der Waals surface area contributed by atoms with Crippen molar-refractivity contribution in [2.75, 3.05) is 34.0 Å². The Morgan fingerprint density at radius 3 is 2.24 bits per heavy atom. The van der Waals surface area contributed by atoms with Gasteiger partial charge >= 0.3 is 6.09 Å². The van der Waals surface area contributed by atoms with Crippen molar-refractivity contribution >= 4 is 17.9 Å². The van der Waals surface area contributed by atoms with Crippen molar-refractivity contribution in [1.29, 1.82) is 0 Å². The van der Waals surface area contributed by atoms with Gasteiger partial charge in [-0.1, -0.05) is 33.8 Å². The van der Waals surface area contributed by atoms with Crippen LogP contribution in [0.1, 0.15) is 87.1 Å². The van der Waals surface area contributed by atoms with Crippen LogP contribution in [0.4, 0.5) is 4.79 Å². The third-order valence-electron chi connectivity index (χ3n) is 8.40. The van der Waals surface area contributed by atoms with Gasteiger partial charge in [-0.25, -0.2) is 4.79 Å². The zero-order chi connectivity index (χ0) is 34.8. The van der Waals surface area contributed by atoms with Crippen molar-refractivity contribution in [2.45, 2.75) is 111 Å². The number of methoxy groups -OCH3 is 2. The number of primary amides is 1. The topological polar surface area (TPSA) is 139 Å². The smallest absolute Gasteiger partial charge is 0.412 e. The second-order valence-electron chi connectivity index (χ2n) is 14.4. The molecule has 0 bridgehead atoms. The molecule has 4 atom stereocenters. The van der Waals surface area contributed by atoms with Crippen LogP contribution in [-0.2, 0) is 30.2 Å². The molecule has 1 aromatic carbocycles. The zero-order valence-corrected chi connectivity index (χ0v) is 29.9. The lowest BCUT2D eigenvalue weighted by molar-refractivity contribution is -0.131. The van der Waals surface area contributed by atoms with Gasteiger partial charge in [-0.2, -0.15) is 0 Å². The largest absolute Gasteiger partial charge is 0.493 e. The third kappa shape index (κ3) is 11.6. The molecule has 1 saturated heterocycles. The minimum absolute atomic E-state index is 0.0432. The molecule has 3 N–H and O–H groups in total. The first kappa shape index (κ1) is 39.1. The predicted octanol–water partition coefficient (Wildman–Crippen LogP) is 5.32. The highest BCUT2D eigenvalue weighted by atomic mass is 16.6. The number of carbonyl (C=O) groups is 3. The van der Waals surface area contributed by atoms with Crippen LogP contribution in [0.3, 0.4) is 0 Å². The fourth-order valence-electron chi connectivity index (χ4n) is 5.99. The van der Waals surface area contributed by atoms with E-state index < -0.39 is 35.3 Å². The summed E-state index contributed by atoms with van der Waals surface area (Å²) in [5.74, 6) is 0.379. The number of amides is 3. The van der Waals surface area contributed by atoms with Gasteiger partial charge in [0, 0.05) is 26.1 Å². The first-order chi connectivity index (χ1) is 21.4. The fourth-order valence-corrected chi connectivity index (χ4v) is 5.99. The molecule has 1 aromatic rings. The van der Waals surface area contributed by atoms with E-state index in [0.717, 1.165) is 18.4 Å². The van der Waals surface area contributed by atoms with E-state index in [9.17, 15) is 14.4 Å². The van der Waals surface area contributed by atoms with Crippen molar-refractivity contribution in [3.8, 4) is 11.5 Å². The molecule has 2 rings (SSSR count). The minimum Gasteiger partial charge on any atom is -0.493 e. The van der Waals surface area contributed by atoms with Crippen molar-refractivity contribution in [2.24, 2.45) is 29.4 Å². The van der Waals surface area contributed by atoms with Gasteiger partial charge in [0.2, 0.25) is 11.8 Å². The van der Waals surface area contributed by atoms with E-state index in [0.29, 0.717) is 37.6 Å². The Labute approximate surface area is 276 Å². The molecule has 1 aliphatic heterocycles. The predicted molar refractivity (Wildman–Crippen MR) is 178 cm³/mol. The third-order valence-corrected chi connectivity index (χ3v) is 8.40. The summed E-state index contributed by atoms with van der Waals surface area (Å²) in [4.78, 5) is 40.1. The lowest BCUT2D eigenvalue weighted by atomic mass is 9.80. The number of rotatable bonds is 17. The molecule has 3 amide bonds. The highest BCUT2D eigenvalue weighted by molar-refractivity contribution is 5.85. The van der Waals surface area contributed by atoms with Gasteiger partial charge in [-0.05, 0) is 89.3 Å². The number of nitrogens with two attached hydrogens (primary N) is 1. The van der Waals surface area contributed by atoms with Crippen LogP contribution in [0, 0.1) is 23.7 Å². The zero-order valence-electron chi connectivity index (χ0n) is 29.9. The van der Waals surface area contributed by atoms with E-state index in [1.165, 1.54) is 0 Å². The van der Waals surface area contributed by atoms with E-state index in [1.807, 2.05) is 66.7 Å². The van der Waals surface area contributed by atoms with E-state index in [4.69, 9.17) is 29.4 Å². The molecule has 11 nitrogen and oxygen atoms in total. The first-order valence-electron chi connectivity index (χ1n) is 16.4. The molecular formula is C35H59N3O8. The SMILES string of the molecule is COCCCOc1cc(C[C@@H](C[C@H]2[C@H](C[C@H](C(=O)NCC(N)=O)C(C)C)OC(C)(C)N2C(=O)OC(C)(C)C)C(C)C)ccc1OC. The van der Waals surface area contributed by atoms with Crippen LogP contribution < -0.4 is 20.5 Å². The summed E-state index contributed by atoms with van der Waals surface area (Å²) in [7, 11) is 3.29. The number of hydrogen-bond donors (Lipinski definition) is 2. The molecule has 1 heterocycles. The number of benzene rings is 1. The molecule has 0 aromatic heterocycles. The van der Waals surface area contributed by atoms with Gasteiger partial charge in [-0.15, -0.1) is 0 Å². The summed E-state index contributed by atoms with van der Waals surface area (Å²) < 4.78 is 29.3. The van der Waals surface area contributed by atoms with Gasteiger partial charge < -0.3 is 34.7 Å². The van der Waals surface area contributed by atoms with E-state index in [-0.39, 0.29) is 36.2 Å². The normalized spacial score (nSPS) is 19.2. The van der Waals surface area contributed by atoms with Gasteiger partial charge in [0.25, 0.3) is 0 Å². The Morgan fingerprint density at radius 1 is 1.02 bits per heavy atom. The number of hydrogen-bond acceptors (Lipinski definition) is 8. The maximum absolute atomic E-state index is 13.8. The quantitative estimate of drug-likeness (QED) is 0.216. The van der Waals surface area contributed by atoms with Crippen molar-refractivity contribution in [1.82, 2.24) is 10.2 Å². The molecule has 0 unspecified atom stereocenters. The Balaban J connectivity index is 2.45. The van der Waals surface area contributed by atoms with Crippen molar-refractivity contribution in [3.05, 3.63) is 23.8 Å². The molecule has 0 saturated carbocycles. The Morgan fingerprint density at radius 2 is 1.70 bits per heavy atom. The van der Waals surface area contributed by atoms with Crippen LogP contribution in [0.2, 0.25) is 0 Å². The summed E-state index contributed by atoms with van der Waals surface area (Å²) in [6.07, 6.45) is 1.57. The lowest BCUT2D eigenvalue weighted by Gasteiger charge is -2.37. The minimum atomic E-state index is -0.978. The Bertz CT molecular complexity index is 1150. The second-order valence-corrected chi connectivity index (χ2v) is 14.4. The molecular weight excluding hydrogens is 590 g/mol. The number of nitrogens with zero attached hydrogens (tertiary/aromatic N) is 1. The average molecular weight is 650 g/mol. The van der Waals surface area contributed by atoms with Crippen LogP contribution in [0.25, 0.3) is 0 Å². The summed E-state index contributed by atoms with van der Waals surface area (Å²) in [6.45, 7) is 18.4. The molecule has 0 radical (unpaired) electrons. The second kappa shape index (κ2) is 17.2. The van der Waals surface area contributed by atoms with Crippen LogP contribution in [-0.4, -0.2) is 80.3 Å². The van der Waals surface area contributed by atoms with Gasteiger partial charge in [-0.3, -0.25) is 14.5 Å². The molecule has 1 aliphatic rings. The standard InChI is InChI=1S/C35H59N3O8/c1-22(2)25(17-24-13-14-28(43-11)30(18-24)44-16-12-15-42-10)19-27-29(20-26(23(3)4)32(40)37-21-31(36)39)45-35(8,9)38(27)33(41)46-34(5,6)7/h13-14,18,22-23,25-27,29H,12,15-17,19-21H2,1-11H3,(H2,36,39)(H,37,40)/t25-,26-,27-,29-/m0/s1. The fraction of sp³-hybridized carbons (Fsp3) is 0.743. The molecule has 11 heteroatoms. The highest BCUT2D eigenvalue weighted by Gasteiger charge is 2.52. The monoisotopic (exact) mass is 649 g/mol. The summed E-state index contributed by atoms with van der Waals surface area (Å²) in [6, 6.07) is 5.63. The summed E-state index contributed by atoms with van der Waals surface area (Å²) in [5.41, 5.74) is 4.70. The average Bonchev–Trinajstić information content (AvgIpc) is 3.19. The summed E-state index contributed by atoms with van der Waals surface area (Å²) >= 11 is 0. The number of nitrogens with one attached hydrogen (secondary N) is 1. The van der Waals surface area contributed by atoms with Crippen LogP contribution in [0.15, 0.2) is 18.2 Å². The molecule has 0 spiro atoms. The van der Waals surface area contributed by atoms with Gasteiger partial charge in [0.1, 0.15) is 11.3 Å². The van der Waals surface area contributed by atoms with Crippen LogP contribution >= 0.6 is 0 Å². The van der Waals surface area contributed by atoms with Crippen LogP contribution in [0.5, 0.6) is 11.5 Å². The molecule has 0 aliphatic carbocycles. The number of ether oxygens (including phenoxy) is 5. The van der Waals surface area contributed by atoms with E-state index >= 15 is 0 Å². The van der Waals surface area contributed by atoms with Gasteiger partial charge in [0.05, 0.1) is 32.4 Å². The molecule has 262 valence electrons. The Hall–Kier alpha value is -3.05. The number of carbonyl (C=O) groups excluding carboxylic acids is 3. The van der Waals surface area contributed by atoms with Crippen molar-refractivity contribution < 1.29 is 38.1 Å². The maximum Gasteiger partial charge on any atom is 0.412 e. The Kier molecular flexibility index (Phi) is 14.6. The van der Waals surface area contributed by atoms with Crippen molar-refractivity contribution in [3.63, 3.8) is 0 Å². The highest BCUT2D eigenvalue weighted by Crippen LogP contribution is 2.41. The summed E-state index contributed by atoms with van der Waals surface area (Å²) in [5, 5.41) is 2.66. The molecule has 46 heavy (non-hydrogen) atoms. The van der Waals surface area contributed by atoms with E-state index in [2.05, 4.69) is 19.2 Å². The molecule has 1 fully saturated rings. The first-order valence-corrected chi connectivity index (χ1v) is 16.4. The maximum atomic E-state index is 13.8. The van der Waals surface area contributed by atoms with E-state index in [1.54, 1.807) is 19.1 Å².